The van der Waals surface area contributed by atoms with E-state index >= 15 is 0 Å². The molecule has 3 unspecified atom stereocenters. The lowest BCUT2D eigenvalue weighted by molar-refractivity contribution is -0.140. The number of amides is 2. The molecule has 0 radical (unpaired) electrons. The molecule has 7 heteroatoms. The van der Waals surface area contributed by atoms with Gasteiger partial charge in [-0.1, -0.05) is 48.5 Å². The summed E-state index contributed by atoms with van der Waals surface area (Å²) >= 11 is 0. The first-order valence-corrected chi connectivity index (χ1v) is 11.8. The van der Waals surface area contributed by atoms with Gasteiger partial charge in [-0.15, -0.1) is 0 Å². The van der Waals surface area contributed by atoms with Crippen molar-refractivity contribution < 1.29 is 9.59 Å². The summed E-state index contributed by atoms with van der Waals surface area (Å²) in [4.78, 5) is 32.2. The van der Waals surface area contributed by atoms with E-state index in [0.717, 1.165) is 19.4 Å². The minimum atomic E-state index is -0.715. The lowest BCUT2D eigenvalue weighted by Crippen LogP contribution is -2.56. The van der Waals surface area contributed by atoms with Crippen molar-refractivity contribution in [1.82, 2.24) is 14.7 Å². The molecule has 168 valence electrons. The lowest BCUT2D eigenvalue weighted by Gasteiger charge is -2.39. The Morgan fingerprint density at radius 2 is 1.79 bits per heavy atom. The van der Waals surface area contributed by atoms with Gasteiger partial charge < -0.3 is 15.5 Å². The van der Waals surface area contributed by atoms with Gasteiger partial charge >= 0.3 is 0 Å². The standard InChI is InChI=1S/C26H27N5O2/c27-13-16-6-5-11-30(16)25(32)22(28)15-29-14-17-12-23(29)26(33)31(17)24-20-9-3-1-7-18(20)19-8-2-4-10-21(19)24/h1-4,7-10,16-17,22-24H,5-6,11-12,14-15,28H2/t16?,17?,22?,23-/m0/s1. The Labute approximate surface area is 193 Å². The number of carbonyl (C=O) groups is 2. The van der Waals surface area contributed by atoms with Crippen molar-refractivity contribution >= 4 is 11.8 Å². The Balaban J connectivity index is 1.21. The third kappa shape index (κ3) is 3.01. The minimum absolute atomic E-state index is 0.0571. The first-order chi connectivity index (χ1) is 16.1. The van der Waals surface area contributed by atoms with Crippen LogP contribution in [0.4, 0.5) is 0 Å². The molecule has 4 aliphatic rings. The van der Waals surface area contributed by atoms with E-state index in [1.807, 2.05) is 24.3 Å². The highest BCUT2D eigenvalue weighted by atomic mass is 16.2. The molecule has 0 spiro atoms. The average Bonchev–Trinajstić information content (AvgIpc) is 3.60. The van der Waals surface area contributed by atoms with Crippen molar-refractivity contribution in [2.24, 2.45) is 5.73 Å². The lowest BCUT2D eigenvalue weighted by atomic mass is 10.0. The summed E-state index contributed by atoms with van der Waals surface area (Å²) in [5.41, 5.74) is 11.1. The molecule has 0 saturated carbocycles. The average molecular weight is 442 g/mol. The fraction of sp³-hybridized carbons (Fsp3) is 0.423. The monoisotopic (exact) mass is 441 g/mol. The molecular formula is C26H27N5O2. The van der Waals surface area contributed by atoms with Crippen LogP contribution < -0.4 is 5.73 Å². The predicted octanol–water partition coefficient (Wildman–Crippen LogP) is 1.88. The first kappa shape index (κ1) is 20.4. The quantitative estimate of drug-likeness (QED) is 0.782. The van der Waals surface area contributed by atoms with E-state index in [1.54, 1.807) is 4.90 Å². The molecule has 7 nitrogen and oxygen atoms in total. The second-order valence-corrected chi connectivity index (χ2v) is 9.61. The van der Waals surface area contributed by atoms with Gasteiger partial charge in [0.15, 0.2) is 0 Å². The van der Waals surface area contributed by atoms with E-state index in [0.29, 0.717) is 19.5 Å². The van der Waals surface area contributed by atoms with E-state index in [-0.39, 0.29) is 36.0 Å². The molecule has 6 rings (SSSR count). The van der Waals surface area contributed by atoms with Crippen LogP contribution in [0.3, 0.4) is 0 Å². The number of rotatable bonds is 4. The molecular weight excluding hydrogens is 414 g/mol. The van der Waals surface area contributed by atoms with Gasteiger partial charge in [-0.2, -0.15) is 5.26 Å². The van der Waals surface area contributed by atoms with Crippen LogP contribution in [0, 0.1) is 11.3 Å². The molecule has 4 atom stereocenters. The van der Waals surface area contributed by atoms with Gasteiger partial charge in [-0.25, -0.2) is 0 Å². The van der Waals surface area contributed by atoms with Gasteiger partial charge in [0, 0.05) is 25.7 Å². The number of benzene rings is 2. The van der Waals surface area contributed by atoms with Gasteiger partial charge in [-0.3, -0.25) is 14.5 Å². The predicted molar refractivity (Wildman–Crippen MR) is 123 cm³/mol. The third-order valence-corrected chi connectivity index (χ3v) is 7.83. The fourth-order valence-electron chi connectivity index (χ4n) is 6.37. The van der Waals surface area contributed by atoms with E-state index in [9.17, 15) is 14.9 Å². The molecule has 2 aromatic rings. The van der Waals surface area contributed by atoms with Gasteiger partial charge in [0.25, 0.3) is 0 Å². The Morgan fingerprint density at radius 3 is 2.42 bits per heavy atom. The molecule has 2 N–H and O–H groups in total. The van der Waals surface area contributed by atoms with E-state index in [2.05, 4.69) is 40.1 Å². The van der Waals surface area contributed by atoms with Crippen molar-refractivity contribution in [2.75, 3.05) is 19.6 Å². The number of piperazine rings is 1. The third-order valence-electron chi connectivity index (χ3n) is 7.83. The van der Waals surface area contributed by atoms with E-state index in [1.165, 1.54) is 22.3 Å². The molecule has 3 aliphatic heterocycles. The van der Waals surface area contributed by atoms with Crippen LogP contribution in [0.25, 0.3) is 11.1 Å². The molecule has 2 amide bonds. The summed E-state index contributed by atoms with van der Waals surface area (Å²) in [6.45, 7) is 1.66. The molecule has 2 aromatic carbocycles. The summed E-state index contributed by atoms with van der Waals surface area (Å²) in [6.07, 6.45) is 2.31. The Kier molecular flexibility index (Phi) is 4.75. The number of carbonyl (C=O) groups excluding carboxylic acids is 2. The minimum Gasteiger partial charge on any atom is -0.326 e. The summed E-state index contributed by atoms with van der Waals surface area (Å²) in [5.74, 6) is -0.0525. The highest BCUT2D eigenvalue weighted by Crippen LogP contribution is 2.50. The highest BCUT2D eigenvalue weighted by Gasteiger charge is 2.54. The number of hydrogen-bond donors (Lipinski definition) is 1. The van der Waals surface area contributed by atoms with Crippen LogP contribution in [0.5, 0.6) is 0 Å². The summed E-state index contributed by atoms with van der Waals surface area (Å²) in [6, 6.07) is 17.6. The van der Waals surface area contributed by atoms with Crippen molar-refractivity contribution in [3.8, 4) is 17.2 Å². The molecule has 1 aliphatic carbocycles. The number of likely N-dealkylation sites (tertiary alicyclic amines) is 3. The SMILES string of the molecule is N#CC1CCCN1C(=O)C(N)CN1CC2C[C@H]1C(=O)N2C1c2ccccc2-c2ccccc21. The zero-order valence-corrected chi connectivity index (χ0v) is 18.4. The molecule has 3 saturated heterocycles. The normalized spacial score (nSPS) is 27.0. The molecule has 2 bridgehead atoms. The van der Waals surface area contributed by atoms with Crippen LogP contribution in [0.15, 0.2) is 48.5 Å². The Bertz CT molecular complexity index is 1130. The molecule has 33 heavy (non-hydrogen) atoms. The largest absolute Gasteiger partial charge is 0.326 e. The van der Waals surface area contributed by atoms with Crippen LogP contribution in [0.1, 0.15) is 36.4 Å². The van der Waals surface area contributed by atoms with Crippen LogP contribution in [-0.4, -0.2) is 70.3 Å². The summed E-state index contributed by atoms with van der Waals surface area (Å²) < 4.78 is 0. The smallest absolute Gasteiger partial charge is 0.241 e. The fourth-order valence-corrected chi connectivity index (χ4v) is 6.37. The Morgan fingerprint density at radius 1 is 1.12 bits per heavy atom. The number of fused-ring (bicyclic) bond motifs is 5. The van der Waals surface area contributed by atoms with E-state index < -0.39 is 6.04 Å². The maximum atomic E-state index is 13.6. The van der Waals surface area contributed by atoms with Crippen molar-refractivity contribution in [1.29, 1.82) is 5.26 Å². The van der Waals surface area contributed by atoms with Crippen LogP contribution in [-0.2, 0) is 9.59 Å². The molecule has 3 heterocycles. The zero-order valence-electron chi connectivity index (χ0n) is 18.4. The van der Waals surface area contributed by atoms with Gasteiger partial charge in [-0.05, 0) is 41.5 Å². The summed E-state index contributed by atoms with van der Waals surface area (Å²) in [5, 5.41) is 9.30. The highest BCUT2D eigenvalue weighted by molar-refractivity contribution is 5.89. The number of nitrogens with two attached hydrogens (primary N) is 1. The van der Waals surface area contributed by atoms with Crippen LogP contribution >= 0.6 is 0 Å². The van der Waals surface area contributed by atoms with Crippen molar-refractivity contribution in [3.63, 3.8) is 0 Å². The maximum absolute atomic E-state index is 13.6. The van der Waals surface area contributed by atoms with Crippen molar-refractivity contribution in [3.05, 3.63) is 59.7 Å². The number of nitrogens with zero attached hydrogens (tertiary/aromatic N) is 4. The van der Waals surface area contributed by atoms with Gasteiger partial charge in [0.05, 0.1) is 24.2 Å². The maximum Gasteiger partial charge on any atom is 0.241 e. The first-order valence-electron chi connectivity index (χ1n) is 11.8. The number of nitriles is 1. The molecule has 3 fully saturated rings. The number of hydrogen-bond acceptors (Lipinski definition) is 5. The van der Waals surface area contributed by atoms with Crippen LogP contribution in [0.2, 0.25) is 0 Å². The second kappa shape index (κ2) is 7.68. The Hall–Kier alpha value is -3.21. The van der Waals surface area contributed by atoms with Gasteiger partial charge in [0.1, 0.15) is 6.04 Å². The van der Waals surface area contributed by atoms with Gasteiger partial charge in [0.2, 0.25) is 11.8 Å². The van der Waals surface area contributed by atoms with E-state index in [4.69, 9.17) is 5.73 Å². The molecule has 0 aromatic heterocycles. The topological polar surface area (TPSA) is 93.7 Å². The second-order valence-electron chi connectivity index (χ2n) is 9.61. The summed E-state index contributed by atoms with van der Waals surface area (Å²) in [7, 11) is 0. The van der Waals surface area contributed by atoms with Crippen molar-refractivity contribution in [2.45, 2.75) is 49.5 Å². The zero-order chi connectivity index (χ0) is 22.7.